The highest BCUT2D eigenvalue weighted by Crippen LogP contribution is 2.29. The monoisotopic (exact) mass is 388 g/mol. The molecule has 0 aliphatic heterocycles. The minimum atomic E-state index is -4.45. The summed E-state index contributed by atoms with van der Waals surface area (Å²) in [6, 6.07) is 9.97. The predicted octanol–water partition coefficient (Wildman–Crippen LogP) is 3.18. The largest absolute Gasteiger partial charge is 0.459 e. The Hall–Kier alpha value is -3.31. The second kappa shape index (κ2) is 8.15. The Bertz CT molecular complexity index is 1060. The van der Waals surface area contributed by atoms with E-state index in [1.165, 1.54) is 12.1 Å². The van der Waals surface area contributed by atoms with E-state index in [1.807, 2.05) is 0 Å². The molecule has 0 aliphatic carbocycles. The van der Waals surface area contributed by atoms with Gasteiger partial charge in [0.05, 0.1) is 18.6 Å². The fraction of sp³-hybridized carbons (Fsp3) is 0.200. The summed E-state index contributed by atoms with van der Waals surface area (Å²) in [5.41, 5.74) is 0.755. The second-order valence-electron chi connectivity index (χ2n) is 5.80. The molecule has 28 heavy (non-hydrogen) atoms. The molecule has 1 aromatic carbocycles. The number of rotatable bonds is 4. The molecular formula is C20H15F3N2O3. The van der Waals surface area contributed by atoms with Gasteiger partial charge in [-0.1, -0.05) is 18.1 Å². The summed E-state index contributed by atoms with van der Waals surface area (Å²) >= 11 is 0. The Morgan fingerprint density at radius 3 is 2.75 bits per heavy atom. The van der Waals surface area contributed by atoms with Crippen LogP contribution in [-0.4, -0.2) is 27.1 Å². The van der Waals surface area contributed by atoms with Gasteiger partial charge in [-0.05, 0) is 36.3 Å². The van der Waals surface area contributed by atoms with Gasteiger partial charge >= 0.3 is 12.1 Å². The molecule has 0 saturated carbocycles. The Labute approximate surface area is 158 Å². The first kappa shape index (κ1) is 19.5. The molecule has 3 rings (SSSR count). The summed E-state index contributed by atoms with van der Waals surface area (Å²) in [4.78, 5) is 15.8. The number of hydrogen-bond donors (Lipinski definition) is 1. The first-order valence-corrected chi connectivity index (χ1v) is 8.30. The van der Waals surface area contributed by atoms with E-state index >= 15 is 0 Å². The number of aliphatic hydroxyl groups is 1. The number of fused-ring (bicyclic) bond motifs is 1. The number of carbonyl (C=O) groups excluding carboxylic acids is 1. The van der Waals surface area contributed by atoms with E-state index in [1.54, 1.807) is 28.8 Å². The number of alkyl halides is 3. The van der Waals surface area contributed by atoms with Crippen molar-refractivity contribution in [2.75, 3.05) is 6.61 Å². The zero-order valence-electron chi connectivity index (χ0n) is 14.5. The Balaban J connectivity index is 1.96. The SMILES string of the molecule is O=C(CCO)OCc1nc2ccccn2c1C#Cc1cccc(C(F)(F)F)c1. The number of esters is 1. The van der Waals surface area contributed by atoms with E-state index in [-0.39, 0.29) is 25.2 Å². The van der Waals surface area contributed by atoms with Gasteiger partial charge in [0.2, 0.25) is 0 Å². The highest BCUT2D eigenvalue weighted by atomic mass is 19.4. The van der Waals surface area contributed by atoms with Crippen molar-refractivity contribution in [3.05, 3.63) is 71.2 Å². The van der Waals surface area contributed by atoms with E-state index in [4.69, 9.17) is 9.84 Å². The maximum Gasteiger partial charge on any atom is 0.416 e. The molecule has 3 aromatic rings. The van der Waals surface area contributed by atoms with Gasteiger partial charge in [-0.2, -0.15) is 13.2 Å². The van der Waals surface area contributed by atoms with Gasteiger partial charge < -0.3 is 9.84 Å². The van der Waals surface area contributed by atoms with Crippen LogP contribution in [0.3, 0.4) is 0 Å². The van der Waals surface area contributed by atoms with Crippen LogP contribution < -0.4 is 0 Å². The molecule has 0 atom stereocenters. The number of aliphatic hydroxyl groups excluding tert-OH is 1. The molecule has 2 heterocycles. The zero-order valence-corrected chi connectivity index (χ0v) is 14.5. The number of carbonyl (C=O) groups is 1. The van der Waals surface area contributed by atoms with Crippen molar-refractivity contribution in [2.45, 2.75) is 19.2 Å². The molecule has 0 radical (unpaired) electrons. The van der Waals surface area contributed by atoms with Gasteiger partial charge in [0.25, 0.3) is 0 Å². The van der Waals surface area contributed by atoms with E-state index in [0.717, 1.165) is 12.1 Å². The number of aromatic nitrogens is 2. The quantitative estimate of drug-likeness (QED) is 0.551. The van der Waals surface area contributed by atoms with E-state index in [9.17, 15) is 18.0 Å². The second-order valence-corrected chi connectivity index (χ2v) is 5.80. The van der Waals surface area contributed by atoms with Gasteiger partial charge in [-0.3, -0.25) is 9.20 Å². The fourth-order valence-corrected chi connectivity index (χ4v) is 2.49. The molecule has 0 saturated heterocycles. The molecule has 0 amide bonds. The van der Waals surface area contributed by atoms with Crippen molar-refractivity contribution in [3.8, 4) is 11.8 Å². The summed E-state index contributed by atoms with van der Waals surface area (Å²) in [7, 11) is 0. The van der Waals surface area contributed by atoms with Crippen molar-refractivity contribution < 1.29 is 27.8 Å². The summed E-state index contributed by atoms with van der Waals surface area (Å²) in [5.74, 6) is 4.96. The summed E-state index contributed by atoms with van der Waals surface area (Å²) < 4.78 is 45.3. The third-order valence-electron chi connectivity index (χ3n) is 3.80. The minimum Gasteiger partial charge on any atom is -0.459 e. The summed E-state index contributed by atoms with van der Waals surface area (Å²) in [5, 5.41) is 8.77. The third-order valence-corrected chi connectivity index (χ3v) is 3.80. The fourth-order valence-electron chi connectivity index (χ4n) is 2.49. The van der Waals surface area contributed by atoms with Crippen molar-refractivity contribution in [1.29, 1.82) is 0 Å². The van der Waals surface area contributed by atoms with Crippen molar-refractivity contribution in [1.82, 2.24) is 9.38 Å². The predicted molar refractivity (Wildman–Crippen MR) is 94.1 cm³/mol. The molecule has 8 heteroatoms. The molecule has 5 nitrogen and oxygen atoms in total. The van der Waals surface area contributed by atoms with Crippen LogP contribution in [0.15, 0.2) is 48.7 Å². The minimum absolute atomic E-state index is 0.140. The van der Waals surface area contributed by atoms with Crippen LogP contribution >= 0.6 is 0 Å². The van der Waals surface area contributed by atoms with Crippen LogP contribution in [0.4, 0.5) is 13.2 Å². The summed E-state index contributed by atoms with van der Waals surface area (Å²) in [6.07, 6.45) is -2.89. The average molecular weight is 388 g/mol. The lowest BCUT2D eigenvalue weighted by Gasteiger charge is -2.05. The number of nitrogens with zero attached hydrogens (tertiary/aromatic N) is 2. The maximum absolute atomic E-state index is 12.9. The van der Waals surface area contributed by atoms with Crippen molar-refractivity contribution in [2.24, 2.45) is 0 Å². The highest BCUT2D eigenvalue weighted by Gasteiger charge is 2.30. The van der Waals surface area contributed by atoms with Crippen LogP contribution in [0.5, 0.6) is 0 Å². The van der Waals surface area contributed by atoms with Crippen molar-refractivity contribution >= 4 is 11.6 Å². The number of ether oxygens (including phenoxy) is 1. The van der Waals surface area contributed by atoms with Gasteiger partial charge in [-0.25, -0.2) is 4.98 Å². The molecular weight excluding hydrogens is 373 g/mol. The van der Waals surface area contributed by atoms with Crippen LogP contribution in [0.25, 0.3) is 5.65 Å². The number of hydrogen-bond acceptors (Lipinski definition) is 4. The molecule has 2 aromatic heterocycles. The Kier molecular flexibility index (Phi) is 5.66. The number of benzene rings is 1. The van der Waals surface area contributed by atoms with Crippen LogP contribution in [0, 0.1) is 11.8 Å². The maximum atomic E-state index is 12.9. The first-order chi connectivity index (χ1) is 13.4. The standard InChI is InChI=1S/C20H15F3N2O3/c21-20(22,23)15-5-3-4-14(12-15)7-8-17-16(13-28-19(27)9-11-26)24-18-6-1-2-10-25(17)18/h1-6,10,12,26H,9,11,13H2. The van der Waals surface area contributed by atoms with E-state index in [0.29, 0.717) is 17.0 Å². The van der Waals surface area contributed by atoms with Crippen LogP contribution in [0.2, 0.25) is 0 Å². The highest BCUT2D eigenvalue weighted by molar-refractivity contribution is 5.69. The molecule has 1 N–H and O–H groups in total. The average Bonchev–Trinajstić information content (AvgIpc) is 3.02. The smallest absolute Gasteiger partial charge is 0.416 e. The molecule has 0 spiro atoms. The third kappa shape index (κ3) is 4.50. The first-order valence-electron chi connectivity index (χ1n) is 8.30. The molecule has 0 aliphatic rings. The van der Waals surface area contributed by atoms with Crippen LogP contribution in [0.1, 0.15) is 28.9 Å². The topological polar surface area (TPSA) is 63.8 Å². The lowest BCUT2D eigenvalue weighted by molar-refractivity contribution is -0.145. The Morgan fingerprint density at radius 1 is 1.18 bits per heavy atom. The summed E-state index contributed by atoms with van der Waals surface area (Å²) in [6.45, 7) is -0.487. The number of imidazole rings is 1. The lowest BCUT2D eigenvalue weighted by atomic mass is 10.1. The molecule has 144 valence electrons. The number of pyridine rings is 1. The zero-order chi connectivity index (χ0) is 20.1. The van der Waals surface area contributed by atoms with E-state index < -0.39 is 17.7 Å². The van der Waals surface area contributed by atoms with Gasteiger partial charge in [0.15, 0.2) is 0 Å². The van der Waals surface area contributed by atoms with Crippen LogP contribution in [-0.2, 0) is 22.3 Å². The lowest BCUT2D eigenvalue weighted by Crippen LogP contribution is -2.07. The van der Waals surface area contributed by atoms with Gasteiger partial charge in [0.1, 0.15) is 23.6 Å². The van der Waals surface area contributed by atoms with Crippen molar-refractivity contribution in [3.63, 3.8) is 0 Å². The number of halogens is 3. The molecule has 0 unspecified atom stereocenters. The van der Waals surface area contributed by atoms with E-state index in [2.05, 4.69) is 16.8 Å². The van der Waals surface area contributed by atoms with Gasteiger partial charge in [-0.15, -0.1) is 0 Å². The Morgan fingerprint density at radius 2 is 2.00 bits per heavy atom. The van der Waals surface area contributed by atoms with Gasteiger partial charge in [0, 0.05) is 11.8 Å². The molecule has 0 fully saturated rings. The molecule has 0 bridgehead atoms. The normalized spacial score (nSPS) is 11.1.